The summed E-state index contributed by atoms with van der Waals surface area (Å²) in [5.41, 5.74) is 12.0. The first-order valence-electron chi connectivity index (χ1n) is 3.97. The van der Waals surface area contributed by atoms with Crippen LogP contribution in [0, 0.1) is 11.8 Å². The third-order valence-electron chi connectivity index (χ3n) is 1.62. The van der Waals surface area contributed by atoms with E-state index in [2.05, 4.69) is 31.8 Å². The number of hydrogen-bond donors (Lipinski definition) is 3. The minimum Gasteiger partial charge on any atom is -0.382 e. The first kappa shape index (κ1) is 8.47. The average Bonchev–Trinajstić information content (AvgIpc) is 2.63. The molecule has 0 radical (unpaired) electrons. The molecule has 2 aromatic heterocycles. The van der Waals surface area contributed by atoms with Gasteiger partial charge in [-0.05, 0) is 5.92 Å². The number of nitrogen functional groups attached to an aromatic ring is 1. The first-order valence-corrected chi connectivity index (χ1v) is 3.97. The summed E-state index contributed by atoms with van der Waals surface area (Å²) in [5.74, 6) is 6.03. The van der Waals surface area contributed by atoms with Crippen molar-refractivity contribution < 1.29 is 0 Å². The lowest BCUT2D eigenvalue weighted by molar-refractivity contribution is 1.16. The van der Waals surface area contributed by atoms with Crippen LogP contribution >= 0.6 is 0 Å². The van der Waals surface area contributed by atoms with E-state index in [4.69, 9.17) is 11.5 Å². The van der Waals surface area contributed by atoms with Gasteiger partial charge >= 0.3 is 0 Å². The second-order valence-electron chi connectivity index (χ2n) is 2.54. The molecule has 0 aliphatic carbocycles. The van der Waals surface area contributed by atoms with Crippen molar-refractivity contribution in [3.05, 3.63) is 12.2 Å². The van der Waals surface area contributed by atoms with E-state index in [-0.39, 0.29) is 6.54 Å². The summed E-state index contributed by atoms with van der Waals surface area (Å²) < 4.78 is 0. The van der Waals surface area contributed by atoms with Gasteiger partial charge in [0.1, 0.15) is 5.52 Å². The van der Waals surface area contributed by atoms with Gasteiger partial charge in [0, 0.05) is 0 Å². The first-order chi connectivity index (χ1) is 6.81. The summed E-state index contributed by atoms with van der Waals surface area (Å²) in [4.78, 5) is 14.8. The lowest BCUT2D eigenvalue weighted by Gasteiger charge is -1.94. The lowest BCUT2D eigenvalue weighted by atomic mass is 10.4. The van der Waals surface area contributed by atoms with E-state index in [1.807, 2.05) is 0 Å². The quantitative estimate of drug-likeness (QED) is 0.471. The molecule has 0 unspecified atom stereocenters. The molecule has 0 amide bonds. The van der Waals surface area contributed by atoms with E-state index in [9.17, 15) is 0 Å². The molecule has 0 saturated heterocycles. The second-order valence-corrected chi connectivity index (χ2v) is 2.54. The van der Waals surface area contributed by atoms with Gasteiger partial charge in [-0.15, -0.1) is 0 Å². The number of nitrogens with two attached hydrogens (primary N) is 2. The fraction of sp³-hybridized carbons (Fsp3) is 0.125. The number of nitrogens with one attached hydrogen (secondary N) is 1. The molecule has 6 heteroatoms. The van der Waals surface area contributed by atoms with Crippen molar-refractivity contribution in [2.45, 2.75) is 0 Å². The standard InChI is InChI=1S/C8H8N6/c9-3-1-2-5-13-7(10)6-8(14-5)12-4-11-6/h4H,3,9H2,(H3,10,11,12,13,14). The molecule has 0 spiro atoms. The van der Waals surface area contributed by atoms with Crippen molar-refractivity contribution in [3.8, 4) is 11.8 Å². The molecule has 0 bridgehead atoms. The molecule has 0 aliphatic heterocycles. The molecular formula is C8H8N6. The van der Waals surface area contributed by atoms with Gasteiger partial charge in [0.15, 0.2) is 11.5 Å². The number of aromatic nitrogens is 4. The Labute approximate surface area is 79.8 Å². The zero-order chi connectivity index (χ0) is 9.97. The highest BCUT2D eigenvalue weighted by atomic mass is 15.0. The highest BCUT2D eigenvalue weighted by molar-refractivity contribution is 5.81. The maximum absolute atomic E-state index is 5.65. The third-order valence-corrected chi connectivity index (χ3v) is 1.62. The maximum atomic E-state index is 5.65. The molecule has 0 saturated carbocycles. The molecular weight excluding hydrogens is 180 g/mol. The minimum absolute atomic E-state index is 0.266. The van der Waals surface area contributed by atoms with Gasteiger partial charge in [-0.3, -0.25) is 0 Å². The van der Waals surface area contributed by atoms with E-state index in [0.29, 0.717) is 22.8 Å². The van der Waals surface area contributed by atoms with Crippen LogP contribution in [0.3, 0.4) is 0 Å². The lowest BCUT2D eigenvalue weighted by Crippen LogP contribution is -1.99. The Balaban J connectivity index is 2.58. The van der Waals surface area contributed by atoms with Crippen LogP contribution in [0.1, 0.15) is 5.82 Å². The smallest absolute Gasteiger partial charge is 0.209 e. The number of fused-ring (bicyclic) bond motifs is 1. The second kappa shape index (κ2) is 3.32. The summed E-state index contributed by atoms with van der Waals surface area (Å²) >= 11 is 0. The Morgan fingerprint density at radius 1 is 1.43 bits per heavy atom. The third kappa shape index (κ3) is 1.36. The van der Waals surface area contributed by atoms with Gasteiger partial charge in [0.05, 0.1) is 12.9 Å². The molecule has 0 aliphatic rings. The molecule has 14 heavy (non-hydrogen) atoms. The van der Waals surface area contributed by atoms with E-state index in [0.717, 1.165) is 0 Å². The molecule has 0 atom stereocenters. The van der Waals surface area contributed by atoms with Gasteiger partial charge in [-0.1, -0.05) is 5.92 Å². The van der Waals surface area contributed by atoms with Crippen molar-refractivity contribution in [1.29, 1.82) is 0 Å². The van der Waals surface area contributed by atoms with E-state index >= 15 is 0 Å². The molecule has 70 valence electrons. The van der Waals surface area contributed by atoms with Gasteiger partial charge in [-0.25, -0.2) is 9.97 Å². The van der Waals surface area contributed by atoms with Gasteiger partial charge in [-0.2, -0.15) is 4.98 Å². The number of imidazole rings is 1. The Bertz CT molecular complexity index is 517. The topological polar surface area (TPSA) is 106 Å². The van der Waals surface area contributed by atoms with Crippen molar-refractivity contribution in [2.24, 2.45) is 5.73 Å². The van der Waals surface area contributed by atoms with Gasteiger partial charge in [0.2, 0.25) is 5.82 Å². The predicted molar refractivity (Wildman–Crippen MR) is 52.0 cm³/mol. The molecule has 0 fully saturated rings. The SMILES string of the molecule is NCC#Cc1nc(N)c2[nH]cnc2n1. The van der Waals surface area contributed by atoms with Gasteiger partial charge in [0.25, 0.3) is 0 Å². The number of aromatic amines is 1. The van der Waals surface area contributed by atoms with E-state index < -0.39 is 0 Å². The molecule has 2 heterocycles. The minimum atomic E-state index is 0.266. The highest BCUT2D eigenvalue weighted by Gasteiger charge is 2.04. The molecule has 2 aromatic rings. The monoisotopic (exact) mass is 188 g/mol. The van der Waals surface area contributed by atoms with E-state index in [1.54, 1.807) is 0 Å². The summed E-state index contributed by atoms with van der Waals surface area (Å²) in [6, 6.07) is 0. The predicted octanol–water partition coefficient (Wildman–Crippen LogP) is -0.755. The number of anilines is 1. The Kier molecular flexibility index (Phi) is 2.01. The molecule has 5 N–H and O–H groups in total. The zero-order valence-corrected chi connectivity index (χ0v) is 7.28. The van der Waals surface area contributed by atoms with Crippen LogP contribution in [0.2, 0.25) is 0 Å². The van der Waals surface area contributed by atoms with Crippen molar-refractivity contribution in [2.75, 3.05) is 12.3 Å². The van der Waals surface area contributed by atoms with Crippen LogP contribution in [0.15, 0.2) is 6.33 Å². The van der Waals surface area contributed by atoms with Crippen molar-refractivity contribution >= 4 is 17.0 Å². The number of H-pyrrole nitrogens is 1. The number of rotatable bonds is 0. The summed E-state index contributed by atoms with van der Waals surface area (Å²) in [6.07, 6.45) is 1.51. The fourth-order valence-electron chi connectivity index (χ4n) is 1.04. The van der Waals surface area contributed by atoms with Gasteiger partial charge < -0.3 is 16.5 Å². The van der Waals surface area contributed by atoms with Crippen LogP contribution < -0.4 is 11.5 Å². The number of nitrogens with zero attached hydrogens (tertiary/aromatic N) is 3. The molecule has 0 aromatic carbocycles. The summed E-state index contributed by atoms with van der Waals surface area (Å²) in [6.45, 7) is 0.266. The van der Waals surface area contributed by atoms with Crippen LogP contribution in [-0.2, 0) is 0 Å². The zero-order valence-electron chi connectivity index (χ0n) is 7.28. The highest BCUT2D eigenvalue weighted by Crippen LogP contribution is 2.11. The fourth-order valence-corrected chi connectivity index (χ4v) is 1.04. The van der Waals surface area contributed by atoms with Crippen molar-refractivity contribution in [1.82, 2.24) is 19.9 Å². The van der Waals surface area contributed by atoms with E-state index in [1.165, 1.54) is 6.33 Å². The maximum Gasteiger partial charge on any atom is 0.209 e. The van der Waals surface area contributed by atoms with Crippen LogP contribution in [0.5, 0.6) is 0 Å². The van der Waals surface area contributed by atoms with Crippen LogP contribution in [0.25, 0.3) is 11.2 Å². The summed E-state index contributed by atoms with van der Waals surface area (Å²) in [7, 11) is 0. The Morgan fingerprint density at radius 2 is 2.29 bits per heavy atom. The largest absolute Gasteiger partial charge is 0.382 e. The Morgan fingerprint density at radius 3 is 3.07 bits per heavy atom. The number of hydrogen-bond acceptors (Lipinski definition) is 5. The molecule has 6 nitrogen and oxygen atoms in total. The molecule has 2 rings (SSSR count). The summed E-state index contributed by atoms with van der Waals surface area (Å²) in [5, 5.41) is 0. The average molecular weight is 188 g/mol. The van der Waals surface area contributed by atoms with Crippen LogP contribution in [0.4, 0.5) is 5.82 Å². The van der Waals surface area contributed by atoms with Crippen molar-refractivity contribution in [3.63, 3.8) is 0 Å². The Hall–Kier alpha value is -2.13. The van der Waals surface area contributed by atoms with Crippen LogP contribution in [-0.4, -0.2) is 26.5 Å². The normalized spacial score (nSPS) is 9.79.